The Morgan fingerprint density at radius 2 is 2.12 bits per heavy atom. The van der Waals surface area contributed by atoms with Gasteiger partial charge < -0.3 is 15.0 Å². The van der Waals surface area contributed by atoms with Crippen LogP contribution in [-0.4, -0.2) is 50.1 Å². The van der Waals surface area contributed by atoms with Crippen molar-refractivity contribution < 1.29 is 27.5 Å². The molecule has 1 aliphatic rings. The van der Waals surface area contributed by atoms with Crippen molar-refractivity contribution in [2.75, 3.05) is 33.4 Å². The monoisotopic (exact) mass is 372 g/mol. The Morgan fingerprint density at radius 1 is 1.35 bits per heavy atom. The number of nitrogens with zero attached hydrogens (tertiary/aromatic N) is 1. The number of methoxy groups -OCH3 is 1. The van der Waals surface area contributed by atoms with Gasteiger partial charge in [0.05, 0.1) is 11.5 Å². The number of halogens is 3. The number of piperidine rings is 1. The minimum absolute atomic E-state index is 0.0130. The van der Waals surface area contributed by atoms with Crippen LogP contribution < -0.4 is 5.32 Å². The first-order chi connectivity index (χ1) is 12.3. The molecule has 1 saturated heterocycles. The van der Waals surface area contributed by atoms with Crippen LogP contribution in [0.4, 0.5) is 13.2 Å². The quantitative estimate of drug-likeness (QED) is 0.781. The minimum Gasteiger partial charge on any atom is -0.385 e. The highest BCUT2D eigenvalue weighted by atomic mass is 19.4. The maximum absolute atomic E-state index is 12.8. The number of hydrogen-bond acceptors (Lipinski definition) is 3. The maximum atomic E-state index is 12.8. The largest absolute Gasteiger partial charge is 0.416 e. The molecule has 26 heavy (non-hydrogen) atoms. The van der Waals surface area contributed by atoms with Crippen LogP contribution in [0.3, 0.4) is 0 Å². The molecular weight excluding hydrogens is 349 g/mol. The van der Waals surface area contributed by atoms with Crippen molar-refractivity contribution in [1.29, 1.82) is 0 Å². The van der Waals surface area contributed by atoms with E-state index in [0.29, 0.717) is 39.0 Å². The zero-order chi connectivity index (χ0) is 19.2. The van der Waals surface area contributed by atoms with Crippen molar-refractivity contribution in [2.24, 2.45) is 5.92 Å². The van der Waals surface area contributed by atoms with Crippen molar-refractivity contribution >= 4 is 11.8 Å². The van der Waals surface area contributed by atoms with Gasteiger partial charge in [0.25, 0.3) is 5.91 Å². The van der Waals surface area contributed by atoms with E-state index in [1.165, 1.54) is 17.0 Å². The summed E-state index contributed by atoms with van der Waals surface area (Å²) in [5.74, 6) is -0.961. The standard InChI is InChI=1S/C18H23F3N2O3/c1-26-10-4-8-22-16(24)14-6-3-9-23(12-14)17(25)13-5-2-7-15(11-13)18(19,20)21/h2,5,7,11,14H,3-4,6,8-10,12H2,1H3,(H,22,24)/t14-/m1/s1. The maximum Gasteiger partial charge on any atom is 0.416 e. The van der Waals surface area contributed by atoms with E-state index in [1.807, 2.05) is 0 Å². The van der Waals surface area contributed by atoms with E-state index in [9.17, 15) is 22.8 Å². The molecular formula is C18H23F3N2O3. The van der Waals surface area contributed by atoms with E-state index in [-0.39, 0.29) is 23.9 Å². The Kier molecular flexibility index (Phi) is 7.02. The second kappa shape index (κ2) is 9.02. The number of carbonyl (C=O) groups is 2. The van der Waals surface area contributed by atoms with E-state index >= 15 is 0 Å². The number of amides is 2. The second-order valence-electron chi connectivity index (χ2n) is 6.31. The highest BCUT2D eigenvalue weighted by Gasteiger charge is 2.32. The first-order valence-corrected chi connectivity index (χ1v) is 8.56. The fourth-order valence-electron chi connectivity index (χ4n) is 2.96. The molecule has 1 atom stereocenters. The molecule has 144 valence electrons. The Labute approximate surface area is 150 Å². The van der Waals surface area contributed by atoms with Crippen LogP contribution in [-0.2, 0) is 15.7 Å². The van der Waals surface area contributed by atoms with Gasteiger partial charge in [-0.05, 0) is 37.5 Å². The van der Waals surface area contributed by atoms with Crippen LogP contribution in [0.25, 0.3) is 0 Å². The lowest BCUT2D eigenvalue weighted by atomic mass is 9.96. The van der Waals surface area contributed by atoms with E-state index in [2.05, 4.69) is 5.32 Å². The zero-order valence-electron chi connectivity index (χ0n) is 14.6. The number of hydrogen-bond donors (Lipinski definition) is 1. The Balaban J connectivity index is 1.98. The van der Waals surface area contributed by atoms with Gasteiger partial charge in [0.2, 0.25) is 5.91 Å². The van der Waals surface area contributed by atoms with Gasteiger partial charge in [-0.3, -0.25) is 9.59 Å². The molecule has 1 aromatic rings. The fourth-order valence-corrected chi connectivity index (χ4v) is 2.96. The van der Waals surface area contributed by atoms with Gasteiger partial charge in [0.15, 0.2) is 0 Å². The van der Waals surface area contributed by atoms with Gasteiger partial charge in [-0.1, -0.05) is 6.07 Å². The van der Waals surface area contributed by atoms with Gasteiger partial charge in [-0.2, -0.15) is 13.2 Å². The predicted molar refractivity (Wildman–Crippen MR) is 89.6 cm³/mol. The van der Waals surface area contributed by atoms with E-state index in [1.54, 1.807) is 7.11 Å². The van der Waals surface area contributed by atoms with Gasteiger partial charge in [-0.25, -0.2) is 0 Å². The van der Waals surface area contributed by atoms with Crippen molar-refractivity contribution in [3.8, 4) is 0 Å². The van der Waals surface area contributed by atoms with E-state index in [0.717, 1.165) is 12.1 Å². The average molecular weight is 372 g/mol. The number of benzene rings is 1. The zero-order valence-corrected chi connectivity index (χ0v) is 14.6. The first-order valence-electron chi connectivity index (χ1n) is 8.56. The molecule has 0 aromatic heterocycles. The lowest BCUT2D eigenvalue weighted by Gasteiger charge is -2.32. The molecule has 0 aliphatic carbocycles. The molecule has 2 amide bonds. The summed E-state index contributed by atoms with van der Waals surface area (Å²) in [4.78, 5) is 26.2. The molecule has 0 bridgehead atoms. The van der Waals surface area contributed by atoms with Crippen molar-refractivity contribution in [2.45, 2.75) is 25.4 Å². The highest BCUT2D eigenvalue weighted by molar-refractivity contribution is 5.95. The topological polar surface area (TPSA) is 58.6 Å². The summed E-state index contributed by atoms with van der Waals surface area (Å²) in [6.07, 6.45) is -2.51. The molecule has 0 saturated carbocycles. The van der Waals surface area contributed by atoms with E-state index < -0.39 is 17.6 Å². The number of likely N-dealkylation sites (tertiary alicyclic amines) is 1. The third-order valence-electron chi connectivity index (χ3n) is 4.34. The van der Waals surface area contributed by atoms with Crippen molar-refractivity contribution in [1.82, 2.24) is 10.2 Å². The number of rotatable bonds is 6. The molecule has 1 aromatic carbocycles. The van der Waals surface area contributed by atoms with Gasteiger partial charge >= 0.3 is 6.18 Å². The molecule has 0 radical (unpaired) electrons. The molecule has 8 heteroatoms. The summed E-state index contributed by atoms with van der Waals surface area (Å²) in [7, 11) is 1.58. The van der Waals surface area contributed by atoms with Gasteiger partial charge in [0, 0.05) is 38.9 Å². The molecule has 1 fully saturated rings. The summed E-state index contributed by atoms with van der Waals surface area (Å²) in [6.45, 7) is 1.68. The average Bonchev–Trinajstić information content (AvgIpc) is 2.64. The van der Waals surface area contributed by atoms with Crippen LogP contribution in [0.5, 0.6) is 0 Å². The van der Waals surface area contributed by atoms with E-state index in [4.69, 9.17) is 4.74 Å². The summed E-state index contributed by atoms with van der Waals surface area (Å²) < 4.78 is 43.4. The minimum atomic E-state index is -4.50. The molecule has 1 aliphatic heterocycles. The fraction of sp³-hybridized carbons (Fsp3) is 0.556. The highest BCUT2D eigenvalue weighted by Crippen LogP contribution is 2.30. The summed E-state index contributed by atoms with van der Waals surface area (Å²) in [5, 5.41) is 2.81. The lowest BCUT2D eigenvalue weighted by molar-refractivity contribution is -0.137. The van der Waals surface area contributed by atoms with Crippen molar-refractivity contribution in [3.05, 3.63) is 35.4 Å². The number of alkyl halides is 3. The van der Waals surface area contributed by atoms with Crippen LogP contribution in [0.15, 0.2) is 24.3 Å². The molecule has 5 nitrogen and oxygen atoms in total. The summed E-state index contributed by atoms with van der Waals surface area (Å²) >= 11 is 0. The summed E-state index contributed by atoms with van der Waals surface area (Å²) in [6, 6.07) is 4.38. The number of ether oxygens (including phenoxy) is 1. The number of nitrogens with one attached hydrogen (secondary N) is 1. The lowest BCUT2D eigenvalue weighted by Crippen LogP contribution is -2.45. The second-order valence-corrected chi connectivity index (χ2v) is 6.31. The molecule has 2 rings (SSSR count). The Morgan fingerprint density at radius 3 is 2.81 bits per heavy atom. The molecule has 0 unspecified atom stereocenters. The van der Waals surface area contributed by atoms with Crippen LogP contribution in [0, 0.1) is 5.92 Å². The normalized spacial score (nSPS) is 17.8. The smallest absolute Gasteiger partial charge is 0.385 e. The van der Waals surface area contributed by atoms with Crippen LogP contribution in [0.2, 0.25) is 0 Å². The Hall–Kier alpha value is -2.09. The predicted octanol–water partition coefficient (Wildman–Crippen LogP) is 2.71. The first kappa shape index (κ1) is 20.2. The van der Waals surface area contributed by atoms with Crippen LogP contribution >= 0.6 is 0 Å². The SMILES string of the molecule is COCCCNC(=O)[C@@H]1CCCN(C(=O)c2cccc(C(F)(F)F)c2)C1. The molecule has 1 heterocycles. The molecule has 1 N–H and O–H groups in total. The van der Waals surface area contributed by atoms with Gasteiger partial charge in [-0.15, -0.1) is 0 Å². The number of carbonyl (C=O) groups excluding carboxylic acids is 2. The third-order valence-corrected chi connectivity index (χ3v) is 4.34. The summed E-state index contributed by atoms with van der Waals surface area (Å²) in [5.41, 5.74) is -0.867. The van der Waals surface area contributed by atoms with Crippen LogP contribution in [0.1, 0.15) is 35.2 Å². The Bertz CT molecular complexity index is 634. The van der Waals surface area contributed by atoms with Crippen molar-refractivity contribution in [3.63, 3.8) is 0 Å². The third kappa shape index (κ3) is 5.45. The van der Waals surface area contributed by atoms with Gasteiger partial charge in [0.1, 0.15) is 0 Å². The molecule has 0 spiro atoms.